The number of carboxylic acid groups (broad SMARTS) is 1. The van der Waals surface area contributed by atoms with Crippen LogP contribution < -0.4 is 0 Å². The zero-order valence-electron chi connectivity index (χ0n) is 6.97. The van der Waals surface area contributed by atoms with Gasteiger partial charge in [-0.3, -0.25) is 9.69 Å². The van der Waals surface area contributed by atoms with E-state index in [1.54, 1.807) is 0 Å². The maximum Gasteiger partial charge on any atom is 0.441 e. The second-order valence-electron chi connectivity index (χ2n) is 2.43. The predicted molar refractivity (Wildman–Crippen MR) is 43.6 cm³/mol. The van der Waals surface area contributed by atoms with Gasteiger partial charge in [0.05, 0.1) is 6.54 Å². The van der Waals surface area contributed by atoms with Crippen LogP contribution in [0.25, 0.3) is 0 Å². The van der Waals surface area contributed by atoms with E-state index in [-0.39, 0.29) is 30.6 Å². The molecule has 0 saturated carbocycles. The van der Waals surface area contributed by atoms with Gasteiger partial charge in [0.1, 0.15) is 0 Å². The molecule has 3 nitrogen and oxygen atoms in total. The average molecular weight is 217 g/mol. The summed E-state index contributed by atoms with van der Waals surface area (Å²) in [5.41, 5.74) is -4.23. The van der Waals surface area contributed by atoms with Crippen LogP contribution in [-0.4, -0.2) is 47.4 Å². The molecular weight excluding hydrogens is 207 g/mol. The molecule has 7 heteroatoms. The smallest absolute Gasteiger partial charge is 0.441 e. The number of aliphatic carboxylic acids is 1. The third kappa shape index (κ3) is 9.48. The minimum Gasteiger partial charge on any atom is -0.480 e. The highest BCUT2D eigenvalue weighted by Crippen LogP contribution is 2.29. The van der Waals surface area contributed by atoms with E-state index >= 15 is 0 Å². The van der Waals surface area contributed by atoms with Crippen LogP contribution in [0, 0.1) is 0 Å². The highest BCUT2D eigenvalue weighted by Gasteiger charge is 2.27. The molecule has 0 aromatic heterocycles. The topological polar surface area (TPSA) is 40.5 Å². The number of carbonyl (C=O) groups is 1. The molecule has 0 aromatic carbocycles. The lowest BCUT2D eigenvalue weighted by Gasteiger charge is -2.13. The summed E-state index contributed by atoms with van der Waals surface area (Å²) in [4.78, 5) is 11.4. The zero-order valence-corrected chi connectivity index (χ0v) is 7.78. The first-order valence-electron chi connectivity index (χ1n) is 3.42. The lowest BCUT2D eigenvalue weighted by atomic mass is 10.5. The summed E-state index contributed by atoms with van der Waals surface area (Å²) >= 11 is -0.146. The van der Waals surface area contributed by atoms with E-state index in [0.717, 1.165) is 0 Å². The summed E-state index contributed by atoms with van der Waals surface area (Å²) in [6, 6.07) is 0. The molecule has 0 fully saturated rings. The predicted octanol–water partition coefficient (Wildman–Crippen LogP) is 1.26. The SMILES string of the molecule is CN(CCSC(F)(F)F)CC(=O)O. The summed E-state index contributed by atoms with van der Waals surface area (Å²) in [6.07, 6.45) is 0. The Kier molecular flexibility index (Phi) is 5.16. The van der Waals surface area contributed by atoms with Crippen molar-refractivity contribution in [2.24, 2.45) is 0 Å². The monoisotopic (exact) mass is 217 g/mol. The van der Waals surface area contributed by atoms with Crippen LogP contribution in [0.1, 0.15) is 0 Å². The summed E-state index contributed by atoms with van der Waals surface area (Å²) in [5.74, 6) is -1.19. The van der Waals surface area contributed by atoms with Crippen molar-refractivity contribution < 1.29 is 23.1 Å². The van der Waals surface area contributed by atoms with Crippen LogP contribution in [0.4, 0.5) is 13.2 Å². The molecule has 1 N–H and O–H groups in total. The molecule has 0 aliphatic rings. The van der Waals surface area contributed by atoms with Crippen molar-refractivity contribution in [2.75, 3.05) is 25.9 Å². The normalized spacial score (nSPS) is 12.1. The summed E-state index contributed by atoms with van der Waals surface area (Å²) < 4.78 is 34.8. The standard InChI is InChI=1S/C6H10F3NO2S/c1-10(4-5(11)12)2-3-13-6(7,8)9/h2-4H2,1H3,(H,11,12). The van der Waals surface area contributed by atoms with Crippen molar-refractivity contribution in [1.82, 2.24) is 4.90 Å². The highest BCUT2D eigenvalue weighted by atomic mass is 32.2. The molecule has 0 spiro atoms. The second kappa shape index (κ2) is 5.33. The number of thioether (sulfide) groups is 1. The Bertz CT molecular complexity index is 174. The molecule has 78 valence electrons. The van der Waals surface area contributed by atoms with Crippen molar-refractivity contribution in [1.29, 1.82) is 0 Å². The Morgan fingerprint density at radius 2 is 2.08 bits per heavy atom. The van der Waals surface area contributed by atoms with E-state index in [2.05, 4.69) is 0 Å². The van der Waals surface area contributed by atoms with Crippen LogP contribution in [0.3, 0.4) is 0 Å². The van der Waals surface area contributed by atoms with Gasteiger partial charge in [0, 0.05) is 12.3 Å². The first kappa shape index (κ1) is 12.6. The minimum absolute atomic E-state index is 0.108. The summed E-state index contributed by atoms with van der Waals surface area (Å²) in [6.45, 7) is -0.130. The fraction of sp³-hybridized carbons (Fsp3) is 0.833. The Morgan fingerprint density at radius 1 is 1.54 bits per heavy atom. The van der Waals surface area contributed by atoms with Gasteiger partial charge in [0.15, 0.2) is 0 Å². The molecule has 0 saturated heterocycles. The van der Waals surface area contributed by atoms with E-state index in [9.17, 15) is 18.0 Å². The van der Waals surface area contributed by atoms with Gasteiger partial charge in [-0.1, -0.05) is 0 Å². The highest BCUT2D eigenvalue weighted by molar-refractivity contribution is 8.00. The van der Waals surface area contributed by atoms with E-state index in [1.165, 1.54) is 11.9 Å². The van der Waals surface area contributed by atoms with Crippen LogP contribution >= 0.6 is 11.8 Å². The van der Waals surface area contributed by atoms with Crippen LogP contribution in [0.5, 0.6) is 0 Å². The van der Waals surface area contributed by atoms with Gasteiger partial charge in [-0.05, 0) is 18.8 Å². The van der Waals surface area contributed by atoms with E-state index < -0.39 is 11.5 Å². The molecule has 0 heterocycles. The Morgan fingerprint density at radius 3 is 2.46 bits per heavy atom. The number of carboxylic acids is 1. The van der Waals surface area contributed by atoms with Gasteiger partial charge < -0.3 is 5.11 Å². The molecule has 0 bridgehead atoms. The molecule has 0 aliphatic heterocycles. The largest absolute Gasteiger partial charge is 0.480 e. The number of likely N-dealkylation sites (N-methyl/N-ethyl adjacent to an activating group) is 1. The van der Waals surface area contributed by atoms with Gasteiger partial charge in [0.25, 0.3) is 0 Å². The van der Waals surface area contributed by atoms with Gasteiger partial charge >= 0.3 is 11.5 Å². The first-order valence-corrected chi connectivity index (χ1v) is 4.41. The van der Waals surface area contributed by atoms with Crippen molar-refractivity contribution in [3.05, 3.63) is 0 Å². The number of hydrogen-bond donors (Lipinski definition) is 1. The van der Waals surface area contributed by atoms with Gasteiger partial charge in [-0.15, -0.1) is 0 Å². The maximum atomic E-state index is 11.6. The quantitative estimate of drug-likeness (QED) is 0.752. The van der Waals surface area contributed by atoms with Crippen molar-refractivity contribution >= 4 is 17.7 Å². The molecule has 0 radical (unpaired) electrons. The Labute approximate surface area is 77.9 Å². The minimum atomic E-state index is -4.23. The number of nitrogens with zero attached hydrogens (tertiary/aromatic N) is 1. The fourth-order valence-corrected chi connectivity index (χ4v) is 1.26. The number of rotatable bonds is 5. The van der Waals surface area contributed by atoms with Gasteiger partial charge in [0.2, 0.25) is 0 Å². The average Bonchev–Trinajstić information content (AvgIpc) is 1.81. The number of alkyl halides is 3. The lowest BCUT2D eigenvalue weighted by Crippen LogP contribution is -2.28. The third-order valence-corrected chi connectivity index (χ3v) is 1.86. The first-order chi connectivity index (χ1) is 5.81. The Hall–Kier alpha value is -0.430. The zero-order chi connectivity index (χ0) is 10.5. The molecule has 0 unspecified atom stereocenters. The van der Waals surface area contributed by atoms with Gasteiger partial charge in [-0.25, -0.2) is 0 Å². The molecule has 0 aromatic rings. The van der Waals surface area contributed by atoms with Crippen molar-refractivity contribution in [3.8, 4) is 0 Å². The van der Waals surface area contributed by atoms with Crippen molar-refractivity contribution in [3.63, 3.8) is 0 Å². The molecular formula is C6H10F3NO2S. The maximum absolute atomic E-state index is 11.6. The van der Waals surface area contributed by atoms with Crippen LogP contribution in [0.2, 0.25) is 0 Å². The third-order valence-electron chi connectivity index (χ3n) is 1.14. The second-order valence-corrected chi connectivity index (χ2v) is 3.59. The van der Waals surface area contributed by atoms with Crippen LogP contribution in [-0.2, 0) is 4.79 Å². The summed E-state index contributed by atoms with van der Waals surface area (Å²) in [7, 11) is 1.46. The molecule has 0 atom stereocenters. The number of halogens is 3. The van der Waals surface area contributed by atoms with E-state index in [4.69, 9.17) is 5.11 Å². The van der Waals surface area contributed by atoms with Gasteiger partial charge in [-0.2, -0.15) is 13.2 Å². The fourth-order valence-electron chi connectivity index (χ4n) is 0.627. The molecule has 0 aliphatic carbocycles. The lowest BCUT2D eigenvalue weighted by molar-refractivity contribution is -0.137. The molecule has 0 amide bonds. The Balaban J connectivity index is 3.48. The number of hydrogen-bond acceptors (Lipinski definition) is 3. The van der Waals surface area contributed by atoms with Crippen LogP contribution in [0.15, 0.2) is 0 Å². The summed E-state index contributed by atoms with van der Waals surface area (Å²) in [5, 5.41) is 8.27. The van der Waals surface area contributed by atoms with Crippen molar-refractivity contribution in [2.45, 2.75) is 5.51 Å². The molecule has 0 rings (SSSR count). The van der Waals surface area contributed by atoms with E-state index in [1.807, 2.05) is 0 Å². The molecule has 13 heavy (non-hydrogen) atoms. The van der Waals surface area contributed by atoms with E-state index in [0.29, 0.717) is 0 Å².